The molecule has 0 aromatic heterocycles. The lowest BCUT2D eigenvalue weighted by molar-refractivity contribution is -0.0515. The van der Waals surface area contributed by atoms with E-state index >= 15 is 0 Å². The molecule has 1 nitrogen and oxygen atoms in total. The normalized spacial score (nSPS) is 45.0. The van der Waals surface area contributed by atoms with Crippen molar-refractivity contribution >= 4 is 0 Å². The fourth-order valence-electron chi connectivity index (χ4n) is 8.80. The summed E-state index contributed by atoms with van der Waals surface area (Å²) in [6.07, 6.45) is 17.5. The predicted molar refractivity (Wildman–Crippen MR) is 122 cm³/mol. The Hall–Kier alpha value is -0.770. The molecular weight excluding hydrogens is 350 g/mol. The molecule has 0 spiro atoms. The first-order valence-electron chi connectivity index (χ1n) is 12.9. The van der Waals surface area contributed by atoms with E-state index in [1.165, 1.54) is 57.8 Å². The van der Waals surface area contributed by atoms with Crippen molar-refractivity contribution in [2.45, 2.75) is 105 Å². The molecule has 0 saturated heterocycles. The van der Waals surface area contributed by atoms with Gasteiger partial charge in [-0.3, -0.25) is 0 Å². The average Bonchev–Trinajstić information content (AvgIpc) is 3.04. The van der Waals surface area contributed by atoms with E-state index in [-0.39, 0.29) is 5.92 Å². The molecule has 0 bridgehead atoms. The van der Waals surface area contributed by atoms with E-state index in [1.54, 1.807) is 5.57 Å². The Balaban J connectivity index is 1.49. The highest BCUT2D eigenvalue weighted by Crippen LogP contribution is 2.67. The zero-order valence-electron chi connectivity index (χ0n) is 19.8. The van der Waals surface area contributed by atoms with E-state index in [1.807, 2.05) is 0 Å². The van der Waals surface area contributed by atoms with Crippen molar-refractivity contribution in [3.63, 3.8) is 0 Å². The number of fused-ring (bicyclic) bond motifs is 5. The van der Waals surface area contributed by atoms with Crippen molar-refractivity contribution in [2.24, 2.45) is 52.3 Å². The van der Waals surface area contributed by atoms with Crippen LogP contribution in [0.1, 0.15) is 105 Å². The Kier molecular flexibility index (Phi) is 5.96. The van der Waals surface area contributed by atoms with Crippen LogP contribution in [0.2, 0.25) is 0 Å². The average molecular weight is 396 g/mol. The monoisotopic (exact) mass is 395 g/mol. The van der Waals surface area contributed by atoms with Crippen LogP contribution in [0.25, 0.3) is 0 Å². The van der Waals surface area contributed by atoms with Crippen LogP contribution in [0.3, 0.4) is 0 Å². The maximum Gasteiger partial charge on any atom is 0.0659 e. The molecule has 3 fully saturated rings. The van der Waals surface area contributed by atoms with E-state index in [0.717, 1.165) is 48.3 Å². The Bertz CT molecular complexity index is 668. The standard InChI is InChI=1S/C28H45N/c1-19(2)7-6-8-20(3)24-11-12-25-23-10-9-22-17-21(18-29)13-15-27(22,4)26(23)14-16-28(24,25)5/h9,19-21,23-26H,6-8,10-17H2,1-5H3/t20-,21+,23-,24+,25-,26-,27-,28+/m0/s1. The van der Waals surface area contributed by atoms with Gasteiger partial charge in [0.05, 0.1) is 12.0 Å². The van der Waals surface area contributed by atoms with Crippen LogP contribution < -0.4 is 0 Å². The highest BCUT2D eigenvalue weighted by atomic mass is 14.6. The number of rotatable bonds is 5. The van der Waals surface area contributed by atoms with Gasteiger partial charge in [0.1, 0.15) is 0 Å². The Morgan fingerprint density at radius 2 is 1.83 bits per heavy atom. The molecule has 1 heteroatoms. The molecule has 0 heterocycles. The van der Waals surface area contributed by atoms with E-state index in [0.29, 0.717) is 10.8 Å². The van der Waals surface area contributed by atoms with Crippen LogP contribution in [-0.4, -0.2) is 0 Å². The summed E-state index contributed by atoms with van der Waals surface area (Å²) in [7, 11) is 0. The largest absolute Gasteiger partial charge is 0.198 e. The summed E-state index contributed by atoms with van der Waals surface area (Å²) in [6.45, 7) is 12.6. The molecule has 0 aromatic carbocycles. The van der Waals surface area contributed by atoms with Crippen molar-refractivity contribution < 1.29 is 0 Å². The smallest absolute Gasteiger partial charge is 0.0659 e. The molecular formula is C28H45N. The van der Waals surface area contributed by atoms with Crippen LogP contribution in [0.5, 0.6) is 0 Å². The second kappa shape index (κ2) is 8.05. The topological polar surface area (TPSA) is 23.8 Å². The van der Waals surface area contributed by atoms with E-state index in [4.69, 9.17) is 0 Å². The van der Waals surface area contributed by atoms with Gasteiger partial charge in [0, 0.05) is 0 Å². The lowest BCUT2D eigenvalue weighted by atomic mass is 9.46. The molecule has 0 aromatic rings. The minimum absolute atomic E-state index is 0.280. The quantitative estimate of drug-likeness (QED) is 0.431. The highest BCUT2D eigenvalue weighted by Gasteiger charge is 2.59. The molecule has 0 N–H and O–H groups in total. The third-order valence-electron chi connectivity index (χ3n) is 10.5. The van der Waals surface area contributed by atoms with Gasteiger partial charge in [0.15, 0.2) is 0 Å². The highest BCUT2D eigenvalue weighted by molar-refractivity contribution is 5.26. The maximum absolute atomic E-state index is 9.45. The SMILES string of the molecule is CC(C)CCC[C@H](C)[C@H]1CC[C@H]2[C@@H]3CC=C4C[C@H](C#N)CC[C@]4(C)[C@H]3CC[C@]12C. The Morgan fingerprint density at radius 1 is 1.03 bits per heavy atom. The number of nitrogens with zero attached hydrogens (tertiary/aromatic N) is 1. The number of hydrogen-bond donors (Lipinski definition) is 0. The van der Waals surface area contributed by atoms with Gasteiger partial charge in [-0.2, -0.15) is 5.26 Å². The third kappa shape index (κ3) is 3.62. The molecule has 4 aliphatic rings. The first-order valence-corrected chi connectivity index (χ1v) is 12.9. The molecule has 0 amide bonds. The first kappa shape index (κ1) is 21.5. The number of nitriles is 1. The molecule has 4 rings (SSSR count). The molecule has 0 aliphatic heterocycles. The van der Waals surface area contributed by atoms with Crippen molar-refractivity contribution in [3.8, 4) is 6.07 Å². The van der Waals surface area contributed by atoms with Gasteiger partial charge in [0.25, 0.3) is 0 Å². The molecule has 0 radical (unpaired) electrons. The lowest BCUT2D eigenvalue weighted by Crippen LogP contribution is -2.50. The van der Waals surface area contributed by atoms with E-state index < -0.39 is 0 Å². The fourth-order valence-corrected chi connectivity index (χ4v) is 8.80. The minimum atomic E-state index is 0.280. The Labute approximate surface area is 180 Å². The van der Waals surface area contributed by atoms with Gasteiger partial charge >= 0.3 is 0 Å². The fraction of sp³-hybridized carbons (Fsp3) is 0.893. The summed E-state index contributed by atoms with van der Waals surface area (Å²) in [5, 5.41) is 9.45. The summed E-state index contributed by atoms with van der Waals surface area (Å²) in [6, 6.07) is 2.57. The van der Waals surface area contributed by atoms with Crippen LogP contribution in [-0.2, 0) is 0 Å². The molecule has 3 saturated carbocycles. The van der Waals surface area contributed by atoms with Crippen molar-refractivity contribution in [1.29, 1.82) is 5.26 Å². The van der Waals surface area contributed by atoms with Crippen molar-refractivity contribution in [1.82, 2.24) is 0 Å². The van der Waals surface area contributed by atoms with Gasteiger partial charge in [-0.1, -0.05) is 65.5 Å². The van der Waals surface area contributed by atoms with Gasteiger partial charge < -0.3 is 0 Å². The molecule has 162 valence electrons. The second-order valence-corrected chi connectivity index (χ2v) is 12.4. The molecule has 8 atom stereocenters. The molecule has 0 unspecified atom stereocenters. The number of hydrogen-bond acceptors (Lipinski definition) is 1. The summed E-state index contributed by atoms with van der Waals surface area (Å²) in [4.78, 5) is 0. The number of allylic oxidation sites excluding steroid dienone is 2. The summed E-state index contributed by atoms with van der Waals surface area (Å²) in [5.41, 5.74) is 2.65. The predicted octanol–water partition coefficient (Wildman–Crippen LogP) is 8.17. The maximum atomic E-state index is 9.45. The zero-order chi connectivity index (χ0) is 20.8. The van der Waals surface area contributed by atoms with Gasteiger partial charge in [-0.25, -0.2) is 0 Å². The minimum Gasteiger partial charge on any atom is -0.198 e. The van der Waals surface area contributed by atoms with Crippen LogP contribution in [0.15, 0.2) is 11.6 Å². The molecule has 29 heavy (non-hydrogen) atoms. The lowest BCUT2D eigenvalue weighted by Gasteiger charge is -2.58. The summed E-state index contributed by atoms with van der Waals surface area (Å²) >= 11 is 0. The zero-order valence-corrected chi connectivity index (χ0v) is 19.8. The third-order valence-corrected chi connectivity index (χ3v) is 10.5. The van der Waals surface area contributed by atoms with Crippen LogP contribution in [0, 0.1) is 63.6 Å². The first-order chi connectivity index (χ1) is 13.8. The van der Waals surface area contributed by atoms with Gasteiger partial charge in [0.2, 0.25) is 0 Å². The van der Waals surface area contributed by atoms with E-state index in [2.05, 4.69) is 46.8 Å². The van der Waals surface area contributed by atoms with E-state index in [9.17, 15) is 5.26 Å². The van der Waals surface area contributed by atoms with Crippen LogP contribution >= 0.6 is 0 Å². The van der Waals surface area contributed by atoms with Crippen molar-refractivity contribution in [3.05, 3.63) is 11.6 Å². The summed E-state index contributed by atoms with van der Waals surface area (Å²) in [5.74, 6) is 5.73. The summed E-state index contributed by atoms with van der Waals surface area (Å²) < 4.78 is 0. The van der Waals surface area contributed by atoms with Crippen molar-refractivity contribution in [2.75, 3.05) is 0 Å². The Morgan fingerprint density at radius 3 is 2.55 bits per heavy atom. The molecule has 4 aliphatic carbocycles. The van der Waals surface area contributed by atoms with Gasteiger partial charge in [-0.05, 0) is 97.7 Å². The van der Waals surface area contributed by atoms with Crippen LogP contribution in [0.4, 0.5) is 0 Å². The van der Waals surface area contributed by atoms with Gasteiger partial charge in [-0.15, -0.1) is 0 Å². The second-order valence-electron chi connectivity index (χ2n) is 12.4.